The minimum atomic E-state index is 0.814. The smallest absolute Gasteiger partial charge is 0.209 e. The van der Waals surface area contributed by atoms with Crippen LogP contribution in [0.5, 0.6) is 0 Å². The van der Waals surface area contributed by atoms with Crippen molar-refractivity contribution in [1.29, 1.82) is 0 Å². The molecule has 0 aromatic heterocycles. The molecule has 0 aromatic rings. The standard InChI is InChI=1S/C14H26N2O/c1-5-8-10-14(6-2)16(7-3)12-9-11-15(4)13-17/h6,8,10,13H,5,7,9,11-12H2,1-4H3/b10-8-,14-6+. The van der Waals surface area contributed by atoms with Gasteiger partial charge >= 0.3 is 0 Å². The fourth-order valence-electron chi connectivity index (χ4n) is 1.66. The van der Waals surface area contributed by atoms with Gasteiger partial charge in [0.15, 0.2) is 0 Å². The van der Waals surface area contributed by atoms with Gasteiger partial charge < -0.3 is 9.80 Å². The number of rotatable bonds is 9. The van der Waals surface area contributed by atoms with E-state index in [9.17, 15) is 4.79 Å². The highest BCUT2D eigenvalue weighted by Gasteiger charge is 2.04. The van der Waals surface area contributed by atoms with E-state index < -0.39 is 0 Å². The molecule has 0 N–H and O–H groups in total. The summed E-state index contributed by atoms with van der Waals surface area (Å²) in [6.07, 6.45) is 9.43. The first kappa shape index (κ1) is 15.8. The van der Waals surface area contributed by atoms with Gasteiger partial charge in [-0.15, -0.1) is 0 Å². The molecule has 0 bridgehead atoms. The first-order valence-electron chi connectivity index (χ1n) is 6.42. The molecule has 0 fully saturated rings. The van der Waals surface area contributed by atoms with Crippen LogP contribution in [-0.4, -0.2) is 42.9 Å². The van der Waals surface area contributed by atoms with Crippen LogP contribution in [0, 0.1) is 0 Å². The van der Waals surface area contributed by atoms with Gasteiger partial charge in [0, 0.05) is 32.4 Å². The second-order valence-electron chi connectivity index (χ2n) is 4.04. The summed E-state index contributed by atoms with van der Waals surface area (Å²) in [6, 6.07) is 0. The van der Waals surface area contributed by atoms with Gasteiger partial charge in [0.2, 0.25) is 6.41 Å². The van der Waals surface area contributed by atoms with E-state index in [1.165, 1.54) is 5.70 Å². The van der Waals surface area contributed by atoms with Gasteiger partial charge in [0.1, 0.15) is 0 Å². The zero-order chi connectivity index (χ0) is 13.1. The molecule has 0 spiro atoms. The monoisotopic (exact) mass is 238 g/mol. The fraction of sp³-hybridized carbons (Fsp3) is 0.643. The second kappa shape index (κ2) is 9.94. The van der Waals surface area contributed by atoms with E-state index in [4.69, 9.17) is 0 Å². The molecule has 1 amide bonds. The fourth-order valence-corrected chi connectivity index (χ4v) is 1.66. The summed E-state index contributed by atoms with van der Waals surface area (Å²) in [5, 5.41) is 0. The van der Waals surface area contributed by atoms with Gasteiger partial charge in [-0.25, -0.2) is 0 Å². The SMILES string of the molecule is C/C=C(\C=C/CC)N(CC)CCCN(C)C=O. The van der Waals surface area contributed by atoms with Crippen molar-refractivity contribution in [2.24, 2.45) is 0 Å². The minimum absolute atomic E-state index is 0.814. The highest BCUT2D eigenvalue weighted by molar-refractivity contribution is 5.46. The zero-order valence-electron chi connectivity index (χ0n) is 11.6. The lowest BCUT2D eigenvalue weighted by Crippen LogP contribution is -2.27. The molecular weight excluding hydrogens is 212 g/mol. The van der Waals surface area contributed by atoms with E-state index in [0.717, 1.165) is 38.9 Å². The van der Waals surface area contributed by atoms with Crippen molar-refractivity contribution >= 4 is 6.41 Å². The van der Waals surface area contributed by atoms with Gasteiger partial charge in [-0.1, -0.05) is 19.1 Å². The van der Waals surface area contributed by atoms with E-state index >= 15 is 0 Å². The molecule has 0 aliphatic carbocycles. The molecule has 0 aliphatic heterocycles. The Bertz CT molecular complexity index is 259. The molecule has 0 saturated heterocycles. The highest BCUT2D eigenvalue weighted by atomic mass is 16.1. The summed E-state index contributed by atoms with van der Waals surface area (Å²) < 4.78 is 0. The molecule has 0 atom stereocenters. The number of hydrogen-bond donors (Lipinski definition) is 0. The van der Waals surface area contributed by atoms with Crippen molar-refractivity contribution in [3.8, 4) is 0 Å². The van der Waals surface area contributed by atoms with Gasteiger partial charge in [-0.05, 0) is 32.8 Å². The van der Waals surface area contributed by atoms with Gasteiger partial charge in [0.05, 0.1) is 0 Å². The zero-order valence-corrected chi connectivity index (χ0v) is 11.6. The van der Waals surface area contributed by atoms with Gasteiger partial charge in [-0.3, -0.25) is 4.79 Å². The Morgan fingerprint density at radius 2 is 1.94 bits per heavy atom. The normalized spacial score (nSPS) is 11.9. The maximum absolute atomic E-state index is 10.5. The van der Waals surface area contributed by atoms with E-state index in [0.29, 0.717) is 0 Å². The highest BCUT2D eigenvalue weighted by Crippen LogP contribution is 2.07. The summed E-state index contributed by atoms with van der Waals surface area (Å²) >= 11 is 0. The number of allylic oxidation sites excluding steroid dienone is 3. The third-order valence-electron chi connectivity index (χ3n) is 2.69. The molecule has 0 aliphatic rings. The Kier molecular flexibility index (Phi) is 9.21. The molecule has 0 unspecified atom stereocenters. The van der Waals surface area contributed by atoms with Crippen LogP contribution in [0.2, 0.25) is 0 Å². The Morgan fingerprint density at radius 3 is 2.41 bits per heavy atom. The van der Waals surface area contributed by atoms with Gasteiger partial charge in [0.25, 0.3) is 0 Å². The molecule has 0 heterocycles. The third-order valence-corrected chi connectivity index (χ3v) is 2.69. The van der Waals surface area contributed by atoms with Gasteiger partial charge in [-0.2, -0.15) is 0 Å². The Hall–Kier alpha value is -1.25. The quantitative estimate of drug-likeness (QED) is 0.455. The number of hydrogen-bond acceptors (Lipinski definition) is 2. The molecule has 98 valence electrons. The first-order valence-corrected chi connectivity index (χ1v) is 6.42. The van der Waals surface area contributed by atoms with Crippen molar-refractivity contribution in [3.05, 3.63) is 23.9 Å². The molecule has 3 nitrogen and oxygen atoms in total. The van der Waals surface area contributed by atoms with Crippen molar-refractivity contribution < 1.29 is 4.79 Å². The number of carbonyl (C=O) groups is 1. The predicted octanol–water partition coefficient (Wildman–Crippen LogP) is 2.66. The molecule has 3 heteroatoms. The summed E-state index contributed by atoms with van der Waals surface area (Å²) in [4.78, 5) is 14.5. The van der Waals surface area contributed by atoms with E-state index in [2.05, 4.69) is 43.9 Å². The van der Waals surface area contributed by atoms with Crippen LogP contribution in [0.4, 0.5) is 0 Å². The molecule has 17 heavy (non-hydrogen) atoms. The van der Waals surface area contributed by atoms with E-state index in [1.54, 1.807) is 4.90 Å². The van der Waals surface area contributed by atoms with Crippen molar-refractivity contribution in [1.82, 2.24) is 9.80 Å². The number of nitrogens with zero attached hydrogens (tertiary/aromatic N) is 2. The van der Waals surface area contributed by atoms with Crippen LogP contribution in [0.3, 0.4) is 0 Å². The molecule has 0 radical (unpaired) electrons. The van der Waals surface area contributed by atoms with E-state index in [1.807, 2.05) is 7.05 Å². The van der Waals surface area contributed by atoms with Crippen LogP contribution >= 0.6 is 0 Å². The van der Waals surface area contributed by atoms with Crippen LogP contribution < -0.4 is 0 Å². The number of likely N-dealkylation sites (N-methyl/N-ethyl adjacent to an activating group) is 1. The molecule has 0 aromatic carbocycles. The molecule has 0 rings (SSSR count). The lowest BCUT2D eigenvalue weighted by atomic mass is 10.2. The topological polar surface area (TPSA) is 23.6 Å². The lowest BCUT2D eigenvalue weighted by molar-refractivity contribution is -0.117. The van der Waals surface area contributed by atoms with Crippen molar-refractivity contribution in [3.63, 3.8) is 0 Å². The third kappa shape index (κ3) is 6.82. The minimum Gasteiger partial charge on any atom is -0.372 e. The predicted molar refractivity (Wildman–Crippen MR) is 73.7 cm³/mol. The van der Waals surface area contributed by atoms with Crippen molar-refractivity contribution in [2.75, 3.05) is 26.7 Å². The maximum Gasteiger partial charge on any atom is 0.209 e. The summed E-state index contributed by atoms with van der Waals surface area (Å²) in [5.41, 5.74) is 1.27. The Balaban J connectivity index is 4.21. The second-order valence-corrected chi connectivity index (χ2v) is 4.04. The summed E-state index contributed by atoms with van der Waals surface area (Å²) in [5.74, 6) is 0. The maximum atomic E-state index is 10.5. The lowest BCUT2D eigenvalue weighted by Gasteiger charge is -2.25. The number of amides is 1. The Morgan fingerprint density at radius 1 is 1.24 bits per heavy atom. The summed E-state index contributed by atoms with van der Waals surface area (Å²) in [7, 11) is 1.82. The number of carbonyl (C=O) groups excluding carboxylic acids is 1. The molecule has 0 saturated carbocycles. The van der Waals surface area contributed by atoms with Crippen molar-refractivity contribution in [2.45, 2.75) is 33.6 Å². The average Bonchev–Trinajstić information content (AvgIpc) is 2.36. The molecular formula is C14H26N2O. The largest absolute Gasteiger partial charge is 0.372 e. The summed E-state index contributed by atoms with van der Waals surface area (Å²) in [6.45, 7) is 9.16. The van der Waals surface area contributed by atoms with Crippen LogP contribution in [0.25, 0.3) is 0 Å². The van der Waals surface area contributed by atoms with E-state index in [-0.39, 0.29) is 0 Å². The first-order chi connectivity index (χ1) is 8.19. The average molecular weight is 238 g/mol. The van der Waals surface area contributed by atoms with Crippen LogP contribution in [0.1, 0.15) is 33.6 Å². The van der Waals surface area contributed by atoms with Crippen LogP contribution in [-0.2, 0) is 4.79 Å². The Labute approximate surface area is 106 Å². The van der Waals surface area contributed by atoms with Crippen LogP contribution in [0.15, 0.2) is 23.9 Å².